The minimum atomic E-state index is -0.620. The number of carbonyl (C=O) groups excluding carboxylic acids is 1. The molecule has 12 nitrogen and oxygen atoms in total. The van der Waals surface area contributed by atoms with Gasteiger partial charge in [-0.05, 0) is 108 Å². The van der Waals surface area contributed by atoms with E-state index >= 15 is 0 Å². The van der Waals surface area contributed by atoms with Crippen molar-refractivity contribution in [1.82, 2.24) is 34.5 Å². The SMILES string of the molecule is CC(C)C[C@@](C)(COc1ccc(-c2ccnc3ccnn23)cc1Cl)NC(=O)OC(C)(C)C.CC(C)C[C@](C)(N)COc1ccc(-c2ccnc3ccnn23)cc1Cl. The second-order valence-electron chi connectivity index (χ2n) is 16.8. The molecule has 57 heavy (non-hydrogen) atoms. The molecule has 0 fully saturated rings. The topological polar surface area (TPSA) is 143 Å². The van der Waals surface area contributed by atoms with Crippen LogP contribution in [0.15, 0.2) is 85.5 Å². The molecule has 0 aliphatic carbocycles. The predicted molar refractivity (Wildman–Crippen MR) is 227 cm³/mol. The van der Waals surface area contributed by atoms with Crippen LogP contribution < -0.4 is 20.5 Å². The molecule has 0 aliphatic rings. The minimum Gasteiger partial charge on any atom is -0.490 e. The lowest BCUT2D eigenvalue weighted by Crippen LogP contribution is -2.52. The summed E-state index contributed by atoms with van der Waals surface area (Å²) in [4.78, 5) is 21.0. The van der Waals surface area contributed by atoms with Crippen molar-refractivity contribution < 1.29 is 19.0 Å². The summed E-state index contributed by atoms with van der Waals surface area (Å²) in [5.74, 6) is 2.04. The number of benzene rings is 2. The average molecular weight is 818 g/mol. The van der Waals surface area contributed by atoms with Gasteiger partial charge in [0.25, 0.3) is 0 Å². The summed E-state index contributed by atoms with van der Waals surface area (Å²) in [7, 11) is 0. The normalized spacial score (nSPS) is 13.9. The fourth-order valence-electron chi connectivity index (χ4n) is 6.73. The number of ether oxygens (including phenoxy) is 3. The van der Waals surface area contributed by atoms with Gasteiger partial charge in [0.2, 0.25) is 0 Å². The molecule has 0 unspecified atom stereocenters. The standard InChI is InChI=1S/C24H31ClN4O3.C19H23ClN4O/c1-16(2)14-24(6,28-22(30)32-23(3,4)5)15-31-20-8-7-17(13-18(20)25)19-9-11-26-21-10-12-27-29(19)21;1-13(2)11-19(3,21)12-25-17-5-4-14(10-15(17)20)16-6-8-22-18-7-9-23-24(16)18/h7-13,16H,14-15H2,1-6H3,(H,28,30);4-10,13H,11-12,21H2,1-3H3/t24-;19-/m00/s1. The summed E-state index contributed by atoms with van der Waals surface area (Å²) in [5.41, 5.74) is 9.92. The van der Waals surface area contributed by atoms with E-state index < -0.39 is 17.2 Å². The molecule has 0 spiro atoms. The summed E-state index contributed by atoms with van der Waals surface area (Å²) in [5, 5.41) is 12.6. The largest absolute Gasteiger partial charge is 0.490 e. The van der Waals surface area contributed by atoms with Crippen molar-refractivity contribution in [3.63, 3.8) is 0 Å². The Balaban J connectivity index is 0.000000224. The lowest BCUT2D eigenvalue weighted by molar-refractivity contribution is 0.0408. The van der Waals surface area contributed by atoms with Crippen LogP contribution >= 0.6 is 23.2 Å². The van der Waals surface area contributed by atoms with E-state index in [1.54, 1.807) is 33.8 Å². The van der Waals surface area contributed by atoms with Gasteiger partial charge in [0.15, 0.2) is 11.3 Å². The smallest absolute Gasteiger partial charge is 0.408 e. The van der Waals surface area contributed by atoms with E-state index in [0.717, 1.165) is 46.7 Å². The lowest BCUT2D eigenvalue weighted by Gasteiger charge is -2.33. The molecule has 4 aromatic heterocycles. The number of rotatable bonds is 13. The highest BCUT2D eigenvalue weighted by atomic mass is 35.5. The molecule has 2 aromatic carbocycles. The Morgan fingerprint density at radius 1 is 0.702 bits per heavy atom. The fourth-order valence-corrected chi connectivity index (χ4v) is 7.20. The lowest BCUT2D eigenvalue weighted by atomic mass is 9.91. The van der Waals surface area contributed by atoms with Gasteiger partial charge < -0.3 is 25.3 Å². The van der Waals surface area contributed by atoms with E-state index in [-0.39, 0.29) is 12.1 Å². The maximum atomic E-state index is 12.4. The number of fused-ring (bicyclic) bond motifs is 2. The second kappa shape index (κ2) is 18.1. The van der Waals surface area contributed by atoms with Crippen LogP contribution in [0.4, 0.5) is 4.79 Å². The predicted octanol–water partition coefficient (Wildman–Crippen LogP) is 9.95. The zero-order valence-electron chi connectivity index (χ0n) is 34.2. The Hall–Kier alpha value is -4.91. The van der Waals surface area contributed by atoms with E-state index in [2.05, 4.69) is 53.2 Å². The zero-order chi connectivity index (χ0) is 41.5. The second-order valence-corrected chi connectivity index (χ2v) is 17.6. The molecule has 304 valence electrons. The van der Waals surface area contributed by atoms with Crippen LogP contribution in [0.2, 0.25) is 10.0 Å². The number of alkyl carbamates (subject to hydrolysis) is 1. The van der Waals surface area contributed by atoms with Crippen LogP contribution in [0.25, 0.3) is 33.8 Å². The first-order chi connectivity index (χ1) is 26.8. The van der Waals surface area contributed by atoms with Crippen LogP contribution in [0, 0.1) is 11.8 Å². The van der Waals surface area contributed by atoms with E-state index in [9.17, 15) is 4.79 Å². The molecule has 0 saturated carbocycles. The van der Waals surface area contributed by atoms with Gasteiger partial charge in [0.05, 0.1) is 39.4 Å². The summed E-state index contributed by atoms with van der Waals surface area (Å²) in [6, 6.07) is 18.8. The van der Waals surface area contributed by atoms with Crippen molar-refractivity contribution >= 4 is 40.6 Å². The molecule has 14 heteroatoms. The molecular formula is C43H54Cl2N8O4. The van der Waals surface area contributed by atoms with Gasteiger partial charge in [-0.1, -0.05) is 50.9 Å². The van der Waals surface area contributed by atoms with Crippen LogP contribution in [0.1, 0.15) is 75.2 Å². The van der Waals surface area contributed by atoms with Gasteiger partial charge in [-0.3, -0.25) is 0 Å². The van der Waals surface area contributed by atoms with Gasteiger partial charge in [0, 0.05) is 41.2 Å². The van der Waals surface area contributed by atoms with Crippen molar-refractivity contribution in [1.29, 1.82) is 0 Å². The molecule has 0 saturated heterocycles. The first kappa shape index (κ1) is 43.2. The van der Waals surface area contributed by atoms with Gasteiger partial charge in [0.1, 0.15) is 30.3 Å². The Bertz CT molecular complexity index is 2280. The number of halogens is 2. The van der Waals surface area contributed by atoms with Crippen LogP contribution in [0.5, 0.6) is 11.5 Å². The zero-order valence-corrected chi connectivity index (χ0v) is 35.7. The van der Waals surface area contributed by atoms with Gasteiger partial charge in [-0.2, -0.15) is 10.2 Å². The van der Waals surface area contributed by atoms with E-state index in [1.165, 1.54) is 0 Å². The first-order valence-corrected chi connectivity index (χ1v) is 19.8. The number of hydrogen-bond acceptors (Lipinski definition) is 9. The van der Waals surface area contributed by atoms with E-state index in [4.69, 9.17) is 43.1 Å². The summed E-state index contributed by atoms with van der Waals surface area (Å²) in [6.07, 6.45) is 8.07. The molecule has 4 heterocycles. The Labute approximate surface area is 345 Å². The van der Waals surface area contributed by atoms with Crippen molar-refractivity contribution in [3.05, 3.63) is 95.5 Å². The molecule has 0 bridgehead atoms. The Morgan fingerprint density at radius 2 is 1.18 bits per heavy atom. The number of carbonyl (C=O) groups is 1. The fraction of sp³-hybridized carbons (Fsp3) is 0.419. The van der Waals surface area contributed by atoms with Crippen molar-refractivity contribution in [2.75, 3.05) is 13.2 Å². The third-order valence-electron chi connectivity index (χ3n) is 8.68. The summed E-state index contributed by atoms with van der Waals surface area (Å²) in [6.45, 7) is 18.6. The van der Waals surface area contributed by atoms with Crippen molar-refractivity contribution in [2.45, 2.75) is 91.8 Å². The molecular weight excluding hydrogens is 763 g/mol. The number of nitrogens with zero attached hydrogens (tertiary/aromatic N) is 6. The Kier molecular flexibility index (Phi) is 13.7. The summed E-state index contributed by atoms with van der Waals surface area (Å²) < 4.78 is 20.9. The Morgan fingerprint density at radius 3 is 1.61 bits per heavy atom. The van der Waals surface area contributed by atoms with E-state index in [0.29, 0.717) is 40.0 Å². The highest BCUT2D eigenvalue weighted by Crippen LogP contribution is 2.33. The number of aromatic nitrogens is 6. The summed E-state index contributed by atoms with van der Waals surface area (Å²) >= 11 is 13.0. The molecule has 6 aromatic rings. The quantitative estimate of drug-likeness (QED) is 0.116. The third-order valence-corrected chi connectivity index (χ3v) is 9.27. The average Bonchev–Trinajstić information content (AvgIpc) is 3.79. The van der Waals surface area contributed by atoms with Crippen LogP contribution in [-0.2, 0) is 4.74 Å². The monoisotopic (exact) mass is 816 g/mol. The van der Waals surface area contributed by atoms with E-state index in [1.807, 2.05) is 95.3 Å². The van der Waals surface area contributed by atoms with Gasteiger partial charge in [-0.25, -0.2) is 23.8 Å². The number of nitrogens with one attached hydrogen (secondary N) is 1. The molecule has 0 aliphatic heterocycles. The molecule has 6 rings (SSSR count). The highest BCUT2D eigenvalue weighted by Gasteiger charge is 2.31. The van der Waals surface area contributed by atoms with Crippen molar-refractivity contribution in [3.8, 4) is 34.0 Å². The van der Waals surface area contributed by atoms with Gasteiger partial charge >= 0.3 is 6.09 Å². The highest BCUT2D eigenvalue weighted by molar-refractivity contribution is 6.32. The number of amides is 1. The maximum Gasteiger partial charge on any atom is 0.408 e. The molecule has 1 amide bonds. The molecule has 3 N–H and O–H groups in total. The van der Waals surface area contributed by atoms with Crippen LogP contribution in [-0.4, -0.2) is 65.2 Å². The number of nitrogens with two attached hydrogens (primary N) is 1. The van der Waals surface area contributed by atoms with Crippen LogP contribution in [0.3, 0.4) is 0 Å². The van der Waals surface area contributed by atoms with Crippen molar-refractivity contribution in [2.24, 2.45) is 17.6 Å². The molecule has 2 atom stereocenters. The van der Waals surface area contributed by atoms with Gasteiger partial charge in [-0.15, -0.1) is 0 Å². The maximum absolute atomic E-state index is 12.4. The first-order valence-electron chi connectivity index (χ1n) is 19.0. The number of hydrogen-bond donors (Lipinski definition) is 2. The molecule has 0 radical (unpaired) electrons. The third kappa shape index (κ3) is 12.0. The minimum absolute atomic E-state index is 0.252.